The van der Waals surface area contributed by atoms with Gasteiger partial charge < -0.3 is 14.8 Å². The van der Waals surface area contributed by atoms with Gasteiger partial charge in [-0.2, -0.15) is 0 Å². The first-order valence-corrected chi connectivity index (χ1v) is 12.0. The smallest absolute Gasteiger partial charge is 0.372 e. The molecule has 3 aromatic carbocycles. The number of ether oxygens (including phenoxy) is 2. The molecule has 0 saturated carbocycles. The number of amides is 1. The van der Waals surface area contributed by atoms with Crippen LogP contribution in [0.1, 0.15) is 29.8 Å². The lowest BCUT2D eigenvalue weighted by Gasteiger charge is -2.15. The van der Waals surface area contributed by atoms with E-state index < -0.39 is 34.9 Å². The minimum absolute atomic E-state index is 0.0327. The molecule has 0 heterocycles. The molecule has 192 valence electrons. The number of carbonyl (C=O) groups is 4. The largest absolute Gasteiger partial charge is 0.457 e. The molecule has 3 aromatic rings. The molecule has 7 nitrogen and oxygen atoms in total. The Kier molecular flexibility index (Phi) is 9.51. The van der Waals surface area contributed by atoms with Crippen molar-refractivity contribution in [2.45, 2.75) is 26.5 Å². The predicted molar refractivity (Wildman–Crippen MR) is 134 cm³/mol. The van der Waals surface area contributed by atoms with Crippen molar-refractivity contribution in [2.24, 2.45) is 0 Å². The van der Waals surface area contributed by atoms with Crippen LogP contribution in [0.3, 0.4) is 0 Å². The van der Waals surface area contributed by atoms with Crippen LogP contribution in [-0.4, -0.2) is 34.8 Å². The summed E-state index contributed by atoms with van der Waals surface area (Å²) in [5.41, 5.74) is 0.833. The summed E-state index contributed by atoms with van der Waals surface area (Å²) in [4.78, 5) is 48.4. The minimum Gasteiger partial charge on any atom is -0.457 e. The van der Waals surface area contributed by atoms with Gasteiger partial charge in [-0.1, -0.05) is 36.4 Å². The van der Waals surface area contributed by atoms with E-state index in [2.05, 4.69) is 5.32 Å². The molecule has 0 aromatic heterocycles. The Hall–Kier alpha value is -4.05. The number of nitrogens with one attached hydrogen (secondary N) is 1. The predicted octanol–water partition coefficient (Wildman–Crippen LogP) is 5.31. The highest BCUT2D eigenvalue weighted by molar-refractivity contribution is 8.13. The Morgan fingerprint density at radius 1 is 0.946 bits per heavy atom. The number of halogens is 2. The van der Waals surface area contributed by atoms with Crippen molar-refractivity contribution in [1.29, 1.82) is 0 Å². The zero-order valence-electron chi connectivity index (χ0n) is 20.0. The third-order valence-corrected chi connectivity index (χ3v) is 5.90. The van der Waals surface area contributed by atoms with Crippen LogP contribution >= 0.6 is 11.8 Å². The highest BCUT2D eigenvalue weighted by Gasteiger charge is 2.22. The van der Waals surface area contributed by atoms with Crippen molar-refractivity contribution in [2.75, 3.05) is 5.75 Å². The fraction of sp³-hybridized carbons (Fsp3) is 0.185. The van der Waals surface area contributed by atoms with Crippen molar-refractivity contribution in [3.05, 3.63) is 89.5 Å². The van der Waals surface area contributed by atoms with Crippen molar-refractivity contribution < 1.29 is 37.4 Å². The van der Waals surface area contributed by atoms with Crippen molar-refractivity contribution in [3.8, 4) is 16.9 Å². The number of hydrogen-bond acceptors (Lipinski definition) is 7. The Balaban J connectivity index is 1.84. The SMILES string of the molecule is CC(=O)N[C@H](CSC(=O)Oc1ccc(-c2ccc(F)cc2F)cc1C(=O)OCc1ccccc1)C(C)=O. The highest BCUT2D eigenvalue weighted by atomic mass is 32.2. The Morgan fingerprint density at radius 2 is 1.68 bits per heavy atom. The molecule has 3 rings (SSSR count). The summed E-state index contributed by atoms with van der Waals surface area (Å²) in [6, 6.07) is 15.0. The van der Waals surface area contributed by atoms with Crippen molar-refractivity contribution in [1.82, 2.24) is 5.32 Å². The van der Waals surface area contributed by atoms with Crippen LogP contribution in [0.4, 0.5) is 13.6 Å². The fourth-order valence-corrected chi connectivity index (χ4v) is 4.02. The topological polar surface area (TPSA) is 98.8 Å². The van der Waals surface area contributed by atoms with Crippen molar-refractivity contribution in [3.63, 3.8) is 0 Å². The lowest BCUT2D eigenvalue weighted by molar-refractivity contribution is -0.125. The van der Waals surface area contributed by atoms with Crippen LogP contribution in [0.2, 0.25) is 0 Å². The summed E-state index contributed by atoms with van der Waals surface area (Å²) >= 11 is 0.634. The number of rotatable bonds is 9. The fourth-order valence-electron chi connectivity index (χ4n) is 3.25. The van der Waals surface area contributed by atoms with E-state index in [1.54, 1.807) is 24.3 Å². The number of hydrogen-bond donors (Lipinski definition) is 1. The maximum absolute atomic E-state index is 14.4. The van der Waals surface area contributed by atoms with Gasteiger partial charge >= 0.3 is 11.3 Å². The van der Waals surface area contributed by atoms with Gasteiger partial charge in [-0.15, -0.1) is 0 Å². The third kappa shape index (κ3) is 7.97. The minimum atomic E-state index is -0.894. The summed E-state index contributed by atoms with van der Waals surface area (Å²) in [6.45, 7) is 2.46. The van der Waals surface area contributed by atoms with Gasteiger partial charge in [-0.05, 0) is 54.1 Å². The first-order valence-electron chi connectivity index (χ1n) is 11.1. The van der Waals surface area contributed by atoms with Crippen LogP contribution in [0, 0.1) is 11.6 Å². The molecule has 0 spiro atoms. The van der Waals surface area contributed by atoms with E-state index in [-0.39, 0.29) is 40.6 Å². The molecule has 0 fully saturated rings. The maximum Gasteiger partial charge on any atom is 0.372 e. The molecule has 0 bridgehead atoms. The van der Waals surface area contributed by atoms with E-state index in [4.69, 9.17) is 9.47 Å². The van der Waals surface area contributed by atoms with Crippen molar-refractivity contribution >= 4 is 34.7 Å². The lowest BCUT2D eigenvalue weighted by atomic mass is 10.0. The molecule has 0 aliphatic heterocycles. The van der Waals surface area contributed by atoms with Crippen LogP contribution in [0.15, 0.2) is 66.7 Å². The van der Waals surface area contributed by atoms with Gasteiger partial charge in [-0.25, -0.2) is 18.4 Å². The maximum atomic E-state index is 14.4. The molecule has 37 heavy (non-hydrogen) atoms. The highest BCUT2D eigenvalue weighted by Crippen LogP contribution is 2.30. The van der Waals surface area contributed by atoms with Crippen LogP contribution in [0.25, 0.3) is 11.1 Å². The van der Waals surface area contributed by atoms with E-state index in [0.717, 1.165) is 11.6 Å². The molecule has 0 aliphatic rings. The average molecular weight is 528 g/mol. The summed E-state index contributed by atoms with van der Waals surface area (Å²) in [7, 11) is 0. The van der Waals surface area contributed by atoms with Gasteiger partial charge in [0, 0.05) is 24.3 Å². The summed E-state index contributed by atoms with van der Waals surface area (Å²) in [6.07, 6.45) is 0. The monoisotopic (exact) mass is 527 g/mol. The van der Waals surface area contributed by atoms with E-state index in [1.807, 2.05) is 6.07 Å². The molecule has 1 N–H and O–H groups in total. The number of Topliss-reactive ketones (excluding diaryl/α,β-unsaturated/α-hetero) is 1. The summed E-state index contributed by atoms with van der Waals surface area (Å²) < 4.78 is 38.5. The molecule has 10 heteroatoms. The molecular weight excluding hydrogens is 504 g/mol. The Morgan fingerprint density at radius 3 is 2.32 bits per heavy atom. The van der Waals surface area contributed by atoms with Crippen LogP contribution < -0.4 is 10.1 Å². The zero-order valence-corrected chi connectivity index (χ0v) is 20.8. The second-order valence-electron chi connectivity index (χ2n) is 7.92. The Bertz CT molecular complexity index is 1320. The number of ketones is 1. The number of thioether (sulfide) groups is 1. The first kappa shape index (κ1) is 27.5. The van der Waals surface area contributed by atoms with Crippen LogP contribution in [0.5, 0.6) is 5.75 Å². The lowest BCUT2D eigenvalue weighted by Crippen LogP contribution is -2.40. The molecule has 1 atom stereocenters. The molecule has 0 saturated heterocycles. The van der Waals surface area contributed by atoms with E-state index in [0.29, 0.717) is 17.8 Å². The van der Waals surface area contributed by atoms with Gasteiger partial charge in [0.05, 0.1) is 6.04 Å². The second-order valence-corrected chi connectivity index (χ2v) is 8.88. The molecule has 0 unspecified atom stereocenters. The van der Waals surface area contributed by atoms with E-state index in [1.165, 1.54) is 38.1 Å². The van der Waals surface area contributed by atoms with Gasteiger partial charge in [-0.3, -0.25) is 9.59 Å². The standard InChI is InChI=1S/C27H23F2NO6S/c1-16(31)24(30-17(2)32)15-37-27(34)36-25-11-8-19(21-10-9-20(28)13-23(21)29)12-22(25)26(33)35-14-18-6-4-3-5-7-18/h3-13,24H,14-15H2,1-2H3,(H,30,32)/t24-/m1/s1. The summed E-state index contributed by atoms with van der Waals surface area (Å²) in [5.74, 6) is -3.43. The Labute approximate surface area is 216 Å². The van der Waals surface area contributed by atoms with Gasteiger partial charge in [0.25, 0.3) is 0 Å². The quantitative estimate of drug-likeness (QED) is 0.376. The molecular formula is C27H23F2NO6S. The first-order chi connectivity index (χ1) is 17.6. The average Bonchev–Trinajstić information content (AvgIpc) is 2.85. The zero-order chi connectivity index (χ0) is 26.9. The molecule has 1 amide bonds. The van der Waals surface area contributed by atoms with Gasteiger partial charge in [0.2, 0.25) is 5.91 Å². The van der Waals surface area contributed by atoms with Gasteiger partial charge in [0.1, 0.15) is 29.6 Å². The normalized spacial score (nSPS) is 11.4. The number of esters is 1. The molecule has 0 radical (unpaired) electrons. The molecule has 0 aliphatic carbocycles. The van der Waals surface area contributed by atoms with Gasteiger partial charge in [0.15, 0.2) is 5.78 Å². The number of carbonyl (C=O) groups excluding carboxylic acids is 4. The van der Waals surface area contributed by atoms with E-state index >= 15 is 0 Å². The van der Waals surface area contributed by atoms with E-state index in [9.17, 15) is 28.0 Å². The number of benzene rings is 3. The van der Waals surface area contributed by atoms with Crippen LogP contribution in [-0.2, 0) is 20.9 Å². The third-order valence-electron chi connectivity index (χ3n) is 5.08. The summed E-state index contributed by atoms with van der Waals surface area (Å²) in [5, 5.41) is 1.60. The second kappa shape index (κ2) is 12.8.